The fraction of sp³-hybridized carbons (Fsp3) is 0.462. The van der Waals surface area contributed by atoms with Crippen molar-refractivity contribution in [1.82, 2.24) is 14.8 Å². The molecule has 8 heteroatoms. The first kappa shape index (κ1) is 15.3. The van der Waals surface area contributed by atoms with Crippen molar-refractivity contribution in [3.8, 4) is 0 Å². The van der Waals surface area contributed by atoms with Crippen molar-refractivity contribution < 1.29 is 4.79 Å². The van der Waals surface area contributed by atoms with Crippen LogP contribution in [0.15, 0.2) is 12.4 Å². The number of aryl methyl sites for hydroxylation is 1. The lowest BCUT2D eigenvalue weighted by Crippen LogP contribution is -2.25. The maximum absolute atomic E-state index is 12.2. The van der Waals surface area contributed by atoms with E-state index in [1.54, 1.807) is 17.1 Å². The largest absolute Gasteiger partial charge is 0.382 e. The highest BCUT2D eigenvalue weighted by molar-refractivity contribution is 7.18. The lowest BCUT2D eigenvalue weighted by molar-refractivity contribution is 0.103. The van der Waals surface area contributed by atoms with Gasteiger partial charge in [0.05, 0.1) is 11.9 Å². The summed E-state index contributed by atoms with van der Waals surface area (Å²) in [6.07, 6.45) is 3.37. The molecular formula is C13H20N6OS. The van der Waals surface area contributed by atoms with Crippen LogP contribution in [0, 0.1) is 0 Å². The lowest BCUT2D eigenvalue weighted by atomic mass is 10.1. The Labute approximate surface area is 127 Å². The van der Waals surface area contributed by atoms with E-state index >= 15 is 0 Å². The molecule has 4 N–H and O–H groups in total. The van der Waals surface area contributed by atoms with E-state index in [1.165, 1.54) is 11.3 Å². The molecule has 2 heterocycles. The van der Waals surface area contributed by atoms with E-state index in [-0.39, 0.29) is 17.3 Å². The van der Waals surface area contributed by atoms with Crippen LogP contribution < -0.4 is 16.4 Å². The van der Waals surface area contributed by atoms with Crippen LogP contribution >= 0.6 is 11.3 Å². The van der Waals surface area contributed by atoms with Crippen molar-refractivity contribution in [2.24, 2.45) is 0 Å². The SMILES string of the molecule is CCn1cc(NC(=O)c2sc(NC(C)(C)C)nc2N)cn1. The molecule has 0 radical (unpaired) electrons. The summed E-state index contributed by atoms with van der Waals surface area (Å²) in [4.78, 5) is 16.8. The predicted octanol–water partition coefficient (Wildman–Crippen LogP) is 2.40. The van der Waals surface area contributed by atoms with Gasteiger partial charge in [-0.1, -0.05) is 11.3 Å². The first-order valence-electron chi connectivity index (χ1n) is 6.67. The minimum Gasteiger partial charge on any atom is -0.382 e. The first-order chi connectivity index (χ1) is 9.78. The molecule has 0 saturated carbocycles. The van der Waals surface area contributed by atoms with Crippen LogP contribution in [0.25, 0.3) is 0 Å². The molecule has 2 aromatic rings. The van der Waals surface area contributed by atoms with E-state index in [0.717, 1.165) is 6.54 Å². The zero-order chi connectivity index (χ0) is 15.6. The molecule has 0 fully saturated rings. The van der Waals surface area contributed by atoms with E-state index in [0.29, 0.717) is 15.7 Å². The summed E-state index contributed by atoms with van der Waals surface area (Å²) in [5.74, 6) is -0.0465. The Kier molecular flexibility index (Phi) is 4.17. The topological polar surface area (TPSA) is 97.9 Å². The lowest BCUT2D eigenvalue weighted by Gasteiger charge is -2.19. The fourth-order valence-corrected chi connectivity index (χ4v) is 2.65. The van der Waals surface area contributed by atoms with E-state index in [9.17, 15) is 4.79 Å². The van der Waals surface area contributed by atoms with Gasteiger partial charge in [-0.15, -0.1) is 0 Å². The summed E-state index contributed by atoms with van der Waals surface area (Å²) in [6, 6.07) is 0. The van der Waals surface area contributed by atoms with Gasteiger partial charge in [-0.3, -0.25) is 9.48 Å². The summed E-state index contributed by atoms with van der Waals surface area (Å²) in [5, 5.41) is 10.7. The number of rotatable bonds is 4. The van der Waals surface area contributed by atoms with E-state index in [2.05, 4.69) is 20.7 Å². The Balaban J connectivity index is 2.12. The molecule has 21 heavy (non-hydrogen) atoms. The van der Waals surface area contributed by atoms with Crippen LogP contribution in [0.1, 0.15) is 37.4 Å². The Bertz CT molecular complexity index is 639. The number of nitrogen functional groups attached to an aromatic ring is 1. The summed E-state index contributed by atoms with van der Waals surface area (Å²) in [7, 11) is 0. The molecule has 0 saturated heterocycles. The van der Waals surface area contributed by atoms with Gasteiger partial charge in [0.2, 0.25) is 0 Å². The molecule has 0 aromatic carbocycles. The van der Waals surface area contributed by atoms with E-state index < -0.39 is 0 Å². The van der Waals surface area contributed by atoms with Crippen molar-refractivity contribution in [3.05, 3.63) is 17.3 Å². The number of thiazole rings is 1. The predicted molar refractivity (Wildman–Crippen MR) is 85.8 cm³/mol. The van der Waals surface area contributed by atoms with E-state index in [4.69, 9.17) is 5.73 Å². The van der Waals surface area contributed by atoms with Crippen molar-refractivity contribution in [2.75, 3.05) is 16.4 Å². The minimum absolute atomic E-state index is 0.139. The third-order valence-corrected chi connectivity index (χ3v) is 3.54. The number of nitrogens with two attached hydrogens (primary N) is 1. The van der Waals surface area contributed by atoms with Crippen LogP contribution in [-0.2, 0) is 6.54 Å². The Morgan fingerprint density at radius 1 is 1.48 bits per heavy atom. The quantitative estimate of drug-likeness (QED) is 0.805. The smallest absolute Gasteiger partial charge is 0.269 e. The molecule has 0 bridgehead atoms. The molecule has 2 rings (SSSR count). The molecule has 0 aliphatic rings. The number of hydrogen-bond donors (Lipinski definition) is 3. The number of carbonyl (C=O) groups is 1. The number of aromatic nitrogens is 3. The first-order valence-corrected chi connectivity index (χ1v) is 7.48. The second kappa shape index (κ2) is 5.72. The number of anilines is 3. The maximum atomic E-state index is 12.2. The second-order valence-corrected chi connectivity index (χ2v) is 6.65. The second-order valence-electron chi connectivity index (χ2n) is 5.65. The third kappa shape index (κ3) is 3.94. The fourth-order valence-electron chi connectivity index (χ4n) is 1.66. The van der Waals surface area contributed by atoms with Gasteiger partial charge in [0.25, 0.3) is 5.91 Å². The van der Waals surface area contributed by atoms with Gasteiger partial charge in [-0.2, -0.15) is 5.10 Å². The van der Waals surface area contributed by atoms with Crippen molar-refractivity contribution in [2.45, 2.75) is 39.8 Å². The zero-order valence-corrected chi connectivity index (χ0v) is 13.4. The van der Waals surface area contributed by atoms with Gasteiger partial charge >= 0.3 is 0 Å². The molecule has 7 nitrogen and oxygen atoms in total. The molecule has 0 aliphatic carbocycles. The summed E-state index contributed by atoms with van der Waals surface area (Å²) in [6.45, 7) is 8.78. The minimum atomic E-state index is -0.275. The molecular weight excluding hydrogens is 288 g/mol. The number of amides is 1. The monoisotopic (exact) mass is 308 g/mol. The molecule has 2 aromatic heterocycles. The molecule has 1 amide bonds. The van der Waals surface area contributed by atoms with Gasteiger partial charge in [-0.25, -0.2) is 4.98 Å². The highest BCUT2D eigenvalue weighted by atomic mass is 32.1. The van der Waals surface area contributed by atoms with Gasteiger partial charge < -0.3 is 16.4 Å². The number of nitrogens with zero attached hydrogens (tertiary/aromatic N) is 3. The third-order valence-electron chi connectivity index (χ3n) is 2.56. The van der Waals surface area contributed by atoms with Crippen molar-refractivity contribution in [1.29, 1.82) is 0 Å². The summed E-state index contributed by atoms with van der Waals surface area (Å²) < 4.78 is 1.73. The highest BCUT2D eigenvalue weighted by Crippen LogP contribution is 2.27. The van der Waals surface area contributed by atoms with Gasteiger partial charge in [-0.05, 0) is 27.7 Å². The van der Waals surface area contributed by atoms with E-state index in [1.807, 2.05) is 27.7 Å². The molecule has 114 valence electrons. The maximum Gasteiger partial charge on any atom is 0.269 e. The Morgan fingerprint density at radius 2 is 2.19 bits per heavy atom. The van der Waals surface area contributed by atoms with Gasteiger partial charge in [0, 0.05) is 18.3 Å². The average molecular weight is 308 g/mol. The van der Waals surface area contributed by atoms with Crippen LogP contribution in [0.3, 0.4) is 0 Å². The van der Waals surface area contributed by atoms with Crippen LogP contribution in [0.5, 0.6) is 0 Å². The van der Waals surface area contributed by atoms with Crippen molar-refractivity contribution in [3.63, 3.8) is 0 Å². The molecule has 0 atom stereocenters. The molecule has 0 aliphatic heterocycles. The molecule has 0 unspecified atom stereocenters. The van der Waals surface area contributed by atoms with Crippen molar-refractivity contribution >= 4 is 33.9 Å². The summed E-state index contributed by atoms with van der Waals surface area (Å²) >= 11 is 1.24. The van der Waals surface area contributed by atoms with Crippen LogP contribution in [0.4, 0.5) is 16.6 Å². The average Bonchev–Trinajstić information content (AvgIpc) is 2.94. The van der Waals surface area contributed by atoms with Gasteiger partial charge in [0.15, 0.2) is 5.13 Å². The van der Waals surface area contributed by atoms with Crippen LogP contribution in [-0.4, -0.2) is 26.2 Å². The molecule has 0 spiro atoms. The Hall–Kier alpha value is -2.09. The Morgan fingerprint density at radius 3 is 2.76 bits per heavy atom. The standard InChI is InChI=1S/C13H20N6OS/c1-5-19-7-8(6-15-19)16-11(20)9-10(14)17-12(21-9)18-13(2,3)4/h6-7H,5,14H2,1-4H3,(H,16,20)(H,17,18). The highest BCUT2D eigenvalue weighted by Gasteiger charge is 2.19. The number of carbonyl (C=O) groups excluding carboxylic acids is 1. The normalized spacial score (nSPS) is 11.4. The van der Waals surface area contributed by atoms with Crippen LogP contribution in [0.2, 0.25) is 0 Å². The number of nitrogens with one attached hydrogen (secondary N) is 2. The summed E-state index contributed by atoms with van der Waals surface area (Å²) in [5.41, 5.74) is 6.32. The zero-order valence-electron chi connectivity index (χ0n) is 12.6. The number of hydrogen-bond acceptors (Lipinski definition) is 6. The van der Waals surface area contributed by atoms with Gasteiger partial charge in [0.1, 0.15) is 10.7 Å².